The molecule has 3 saturated heterocycles. The molecule has 3 amide bonds. The molecule has 0 aliphatic carbocycles. The largest absolute Gasteiger partial charge is 0.394 e. The number of amides is 3. The third-order valence-electron chi connectivity index (χ3n) is 8.61. The zero-order valence-electron chi connectivity index (χ0n) is 22.9. The minimum absolute atomic E-state index is 0.0301. The van der Waals surface area contributed by atoms with Gasteiger partial charge in [0.1, 0.15) is 6.04 Å². The summed E-state index contributed by atoms with van der Waals surface area (Å²) in [7, 11) is 1.74. The lowest BCUT2D eigenvalue weighted by Crippen LogP contribution is -2.55. The Balaban J connectivity index is 1.60. The van der Waals surface area contributed by atoms with Crippen LogP contribution >= 0.6 is 11.8 Å². The molecule has 0 radical (unpaired) electrons. The molecule has 3 heterocycles. The van der Waals surface area contributed by atoms with Crippen LogP contribution in [0.4, 0.5) is 0 Å². The van der Waals surface area contributed by atoms with E-state index in [0.29, 0.717) is 26.1 Å². The molecule has 2 bridgehead atoms. The van der Waals surface area contributed by atoms with E-state index in [9.17, 15) is 19.5 Å². The van der Waals surface area contributed by atoms with Gasteiger partial charge in [-0.3, -0.25) is 14.4 Å². The monoisotopic (exact) mass is 559 g/mol. The van der Waals surface area contributed by atoms with Crippen molar-refractivity contribution in [2.24, 2.45) is 11.8 Å². The fourth-order valence-electron chi connectivity index (χ4n) is 6.92. The van der Waals surface area contributed by atoms with Crippen LogP contribution in [0.15, 0.2) is 86.0 Å². The van der Waals surface area contributed by atoms with Crippen molar-refractivity contribution in [2.75, 3.05) is 26.7 Å². The summed E-state index contributed by atoms with van der Waals surface area (Å²) in [4.78, 5) is 47.9. The summed E-state index contributed by atoms with van der Waals surface area (Å²) in [5.41, 5.74) is 1.74. The molecule has 7 nitrogen and oxygen atoms in total. The van der Waals surface area contributed by atoms with E-state index < -0.39 is 28.7 Å². The smallest absolute Gasteiger partial charge is 0.247 e. The summed E-state index contributed by atoms with van der Waals surface area (Å²) in [5.74, 6) is -1.63. The van der Waals surface area contributed by atoms with Crippen molar-refractivity contribution in [1.29, 1.82) is 0 Å². The summed E-state index contributed by atoms with van der Waals surface area (Å²) < 4.78 is -0.744. The molecule has 6 atom stereocenters. The Morgan fingerprint density at radius 2 is 1.73 bits per heavy atom. The first-order valence-corrected chi connectivity index (χ1v) is 14.7. The highest BCUT2D eigenvalue weighted by atomic mass is 32.2. The van der Waals surface area contributed by atoms with Crippen LogP contribution in [-0.2, 0) is 20.9 Å². The average Bonchev–Trinajstić information content (AvgIpc) is 3.61. The molecule has 0 saturated carbocycles. The van der Waals surface area contributed by atoms with Gasteiger partial charge < -0.3 is 19.8 Å². The molecule has 2 aromatic rings. The van der Waals surface area contributed by atoms with Crippen molar-refractivity contribution in [2.45, 2.75) is 41.5 Å². The fourth-order valence-corrected chi connectivity index (χ4v) is 9.11. The van der Waals surface area contributed by atoms with Crippen LogP contribution in [-0.4, -0.2) is 80.3 Å². The number of likely N-dealkylation sites (tertiary alicyclic amines) is 1. The van der Waals surface area contributed by atoms with Crippen LogP contribution in [0.25, 0.3) is 0 Å². The molecule has 8 heteroatoms. The minimum Gasteiger partial charge on any atom is -0.394 e. The number of aliphatic hydroxyl groups excluding tert-OH is 1. The fraction of sp³-hybridized carbons (Fsp3) is 0.406. The van der Waals surface area contributed by atoms with Crippen LogP contribution in [0.1, 0.15) is 30.0 Å². The second kappa shape index (κ2) is 11.6. The Morgan fingerprint density at radius 1 is 1.07 bits per heavy atom. The highest BCUT2D eigenvalue weighted by Crippen LogP contribution is 2.67. The summed E-state index contributed by atoms with van der Waals surface area (Å²) >= 11 is 1.64. The minimum atomic E-state index is -0.816. The number of likely N-dealkylation sites (N-methyl/N-ethyl adjacent to an activating group) is 1. The Bertz CT molecular complexity index is 1270. The molecule has 40 heavy (non-hydrogen) atoms. The van der Waals surface area contributed by atoms with Crippen molar-refractivity contribution in [3.63, 3.8) is 0 Å². The predicted octanol–water partition coefficient (Wildman–Crippen LogP) is 3.67. The normalized spacial score (nSPS) is 27.2. The van der Waals surface area contributed by atoms with Crippen molar-refractivity contribution < 1.29 is 19.5 Å². The van der Waals surface area contributed by atoms with Crippen molar-refractivity contribution in [3.05, 3.63) is 97.1 Å². The van der Waals surface area contributed by atoms with Gasteiger partial charge in [-0.2, -0.15) is 0 Å². The number of nitrogens with zero attached hydrogens (tertiary/aromatic N) is 3. The van der Waals surface area contributed by atoms with E-state index in [4.69, 9.17) is 0 Å². The van der Waals surface area contributed by atoms with Gasteiger partial charge in [0.05, 0.1) is 29.2 Å². The topological polar surface area (TPSA) is 81.2 Å². The zero-order valence-corrected chi connectivity index (χ0v) is 23.7. The molecular weight excluding hydrogens is 522 g/mol. The number of hydrogen-bond acceptors (Lipinski definition) is 5. The Hall–Kier alpha value is -3.36. The molecule has 3 fully saturated rings. The van der Waals surface area contributed by atoms with Gasteiger partial charge in [-0.1, -0.05) is 72.8 Å². The summed E-state index contributed by atoms with van der Waals surface area (Å²) in [6.07, 6.45) is 4.81. The summed E-state index contributed by atoms with van der Waals surface area (Å²) in [5, 5.41) is 10.6. The standard InChI is InChI=1S/C32H37N3O4S/c1-4-18-33(3)29(37)26-25-16-17-32(40-25)27(26)30(38)35(24(21-36)23-14-10-7-11-15-23)28(32)31(39)34(19-5-2)20-22-12-8-6-9-13-22/h4-15,24-28,36H,1-2,16-21H2,3H3/t24-,25-,26+,27+,28?,32?/m1/s1. The first-order valence-electron chi connectivity index (χ1n) is 13.8. The number of hydrogen-bond donors (Lipinski definition) is 1. The lowest BCUT2D eigenvalue weighted by atomic mass is 9.70. The van der Waals surface area contributed by atoms with Gasteiger partial charge in [0.15, 0.2) is 0 Å². The second-order valence-corrected chi connectivity index (χ2v) is 12.5. The number of rotatable bonds is 11. The zero-order chi connectivity index (χ0) is 28.4. The van der Waals surface area contributed by atoms with E-state index in [1.54, 1.807) is 45.7 Å². The third-order valence-corrected chi connectivity index (χ3v) is 10.6. The van der Waals surface area contributed by atoms with E-state index >= 15 is 0 Å². The molecule has 1 spiro atoms. The van der Waals surface area contributed by atoms with Gasteiger partial charge in [0.2, 0.25) is 17.7 Å². The van der Waals surface area contributed by atoms with Gasteiger partial charge in [0, 0.05) is 31.9 Å². The van der Waals surface area contributed by atoms with Gasteiger partial charge >= 0.3 is 0 Å². The molecule has 1 N–H and O–H groups in total. The van der Waals surface area contributed by atoms with Crippen LogP contribution in [0.3, 0.4) is 0 Å². The first kappa shape index (κ1) is 28.2. The SMILES string of the molecule is C=CCN(C)C(=O)[C@@H]1[C@H]2C(=O)N([C@H](CO)c3ccccc3)C(C(=O)N(CC=C)Cc3ccccc3)C23CC[C@H]1S3. The Labute approximate surface area is 240 Å². The Morgan fingerprint density at radius 3 is 2.35 bits per heavy atom. The molecule has 3 aliphatic rings. The maximum Gasteiger partial charge on any atom is 0.247 e. The van der Waals surface area contributed by atoms with Crippen molar-refractivity contribution in [1.82, 2.24) is 14.7 Å². The molecule has 5 rings (SSSR count). The number of carbonyl (C=O) groups excluding carboxylic acids is 3. The number of aliphatic hydroxyl groups is 1. The van der Waals surface area contributed by atoms with Gasteiger partial charge in [-0.25, -0.2) is 0 Å². The van der Waals surface area contributed by atoms with E-state index in [-0.39, 0.29) is 29.6 Å². The quantitative estimate of drug-likeness (QED) is 0.425. The van der Waals surface area contributed by atoms with Gasteiger partial charge in [-0.05, 0) is 24.0 Å². The second-order valence-electron chi connectivity index (χ2n) is 10.9. The first-order chi connectivity index (χ1) is 19.4. The van der Waals surface area contributed by atoms with Crippen molar-refractivity contribution in [3.8, 4) is 0 Å². The summed E-state index contributed by atoms with van der Waals surface area (Å²) in [6.45, 7) is 8.41. The maximum atomic E-state index is 14.7. The van der Waals surface area contributed by atoms with Gasteiger partial charge in [0.25, 0.3) is 0 Å². The highest BCUT2D eigenvalue weighted by Gasteiger charge is 2.74. The van der Waals surface area contributed by atoms with E-state index in [2.05, 4.69) is 13.2 Å². The number of carbonyl (C=O) groups is 3. The lowest BCUT2D eigenvalue weighted by molar-refractivity contribution is -0.147. The van der Waals surface area contributed by atoms with E-state index in [1.165, 1.54) is 0 Å². The predicted molar refractivity (Wildman–Crippen MR) is 157 cm³/mol. The van der Waals surface area contributed by atoms with Crippen LogP contribution in [0.5, 0.6) is 0 Å². The number of fused-ring (bicyclic) bond motifs is 1. The van der Waals surface area contributed by atoms with Crippen LogP contribution < -0.4 is 0 Å². The van der Waals surface area contributed by atoms with E-state index in [0.717, 1.165) is 17.5 Å². The number of benzene rings is 2. The maximum absolute atomic E-state index is 14.7. The number of thioether (sulfide) groups is 1. The molecule has 2 aromatic carbocycles. The molecule has 210 valence electrons. The molecule has 2 unspecified atom stereocenters. The van der Waals surface area contributed by atoms with E-state index in [1.807, 2.05) is 60.7 Å². The highest BCUT2D eigenvalue weighted by molar-refractivity contribution is 8.02. The van der Waals surface area contributed by atoms with Crippen LogP contribution in [0.2, 0.25) is 0 Å². The molecule has 0 aromatic heterocycles. The third kappa shape index (κ3) is 4.67. The van der Waals surface area contributed by atoms with Gasteiger partial charge in [-0.15, -0.1) is 24.9 Å². The van der Waals surface area contributed by atoms with Crippen LogP contribution in [0, 0.1) is 11.8 Å². The molecule has 3 aliphatic heterocycles. The lowest BCUT2D eigenvalue weighted by Gasteiger charge is -2.39. The average molecular weight is 560 g/mol. The molecular formula is C32H37N3O4S. The Kier molecular flexibility index (Phi) is 8.19. The van der Waals surface area contributed by atoms with Crippen molar-refractivity contribution >= 4 is 29.5 Å². The summed E-state index contributed by atoms with van der Waals surface area (Å²) in [6, 6.07) is 17.6.